The summed E-state index contributed by atoms with van der Waals surface area (Å²) < 4.78 is 4.11. The number of hydrogen-bond donors (Lipinski definition) is 1. The summed E-state index contributed by atoms with van der Waals surface area (Å²) in [6, 6.07) is 2.19. The standard InChI is InChI=1S/C23H33N7O/c1-16-11-22(19-12-24-27(3)23(19)25-16)29-10-7-21-20(15-29)17(2)26-30(21)9-6-4-5-8-28-13-18(31)14-28/h11-12,18,31H,4-10,13-15H2,1-3H3. The Morgan fingerprint density at radius 1 is 1.13 bits per heavy atom. The molecule has 3 aromatic rings. The van der Waals surface area contributed by atoms with E-state index < -0.39 is 0 Å². The number of aromatic nitrogens is 5. The van der Waals surface area contributed by atoms with Crippen molar-refractivity contribution in [2.75, 3.05) is 31.1 Å². The molecule has 0 aliphatic carbocycles. The molecule has 3 aromatic heterocycles. The molecule has 31 heavy (non-hydrogen) atoms. The van der Waals surface area contributed by atoms with E-state index in [2.05, 4.69) is 44.5 Å². The minimum absolute atomic E-state index is 0.0940. The molecular formula is C23H33N7O. The summed E-state index contributed by atoms with van der Waals surface area (Å²) in [7, 11) is 1.95. The molecule has 1 N–H and O–H groups in total. The van der Waals surface area contributed by atoms with Gasteiger partial charge < -0.3 is 10.0 Å². The molecule has 0 aromatic carbocycles. The van der Waals surface area contributed by atoms with Crippen LogP contribution in [0.25, 0.3) is 11.0 Å². The van der Waals surface area contributed by atoms with E-state index in [0.717, 1.165) is 74.5 Å². The third kappa shape index (κ3) is 3.94. The van der Waals surface area contributed by atoms with Crippen LogP contribution in [0.1, 0.15) is 41.9 Å². The normalized spacial score (nSPS) is 17.4. The molecule has 5 rings (SSSR count). The lowest BCUT2D eigenvalue weighted by atomic mass is 10.0. The summed E-state index contributed by atoms with van der Waals surface area (Å²) in [4.78, 5) is 9.46. The Morgan fingerprint density at radius 2 is 1.94 bits per heavy atom. The van der Waals surface area contributed by atoms with E-state index in [1.165, 1.54) is 29.8 Å². The van der Waals surface area contributed by atoms with Crippen molar-refractivity contribution in [2.45, 2.75) is 58.7 Å². The fourth-order valence-electron chi connectivity index (χ4n) is 5.03. The second kappa shape index (κ2) is 8.24. The first kappa shape index (κ1) is 20.5. The number of anilines is 1. The number of aliphatic hydroxyl groups excluding tert-OH is 1. The fraction of sp³-hybridized carbons (Fsp3) is 0.609. The van der Waals surface area contributed by atoms with E-state index in [1.807, 2.05) is 17.9 Å². The number of pyridine rings is 1. The van der Waals surface area contributed by atoms with Crippen LogP contribution in [0.2, 0.25) is 0 Å². The first-order valence-corrected chi connectivity index (χ1v) is 11.5. The van der Waals surface area contributed by atoms with Crippen LogP contribution in [0.4, 0.5) is 5.69 Å². The molecule has 0 spiro atoms. The van der Waals surface area contributed by atoms with Crippen molar-refractivity contribution < 1.29 is 5.11 Å². The number of hydrogen-bond acceptors (Lipinski definition) is 6. The molecule has 8 nitrogen and oxygen atoms in total. The average molecular weight is 424 g/mol. The Kier molecular flexibility index (Phi) is 5.44. The maximum absolute atomic E-state index is 9.38. The van der Waals surface area contributed by atoms with Crippen molar-refractivity contribution in [1.29, 1.82) is 0 Å². The van der Waals surface area contributed by atoms with Crippen LogP contribution in [0.3, 0.4) is 0 Å². The molecule has 1 fully saturated rings. The third-order valence-corrected chi connectivity index (χ3v) is 6.77. The summed E-state index contributed by atoms with van der Waals surface area (Å²) in [6.07, 6.45) is 6.43. The van der Waals surface area contributed by atoms with E-state index in [-0.39, 0.29) is 6.10 Å². The Balaban J connectivity index is 1.24. The Hall–Kier alpha value is -2.45. The second-order valence-corrected chi connectivity index (χ2v) is 9.17. The maximum atomic E-state index is 9.38. The van der Waals surface area contributed by atoms with Gasteiger partial charge in [0.25, 0.3) is 0 Å². The zero-order chi connectivity index (χ0) is 21.5. The van der Waals surface area contributed by atoms with Crippen LogP contribution in [0.15, 0.2) is 12.3 Å². The molecule has 2 aliphatic heterocycles. The molecule has 8 heteroatoms. The summed E-state index contributed by atoms with van der Waals surface area (Å²) in [5.74, 6) is 0. The number of aliphatic hydroxyl groups is 1. The van der Waals surface area contributed by atoms with Gasteiger partial charge in [-0.25, -0.2) is 4.98 Å². The Labute approximate surface area is 183 Å². The van der Waals surface area contributed by atoms with Crippen molar-refractivity contribution in [3.05, 3.63) is 34.9 Å². The summed E-state index contributed by atoms with van der Waals surface area (Å²) >= 11 is 0. The average Bonchev–Trinajstić information content (AvgIpc) is 3.25. The van der Waals surface area contributed by atoms with Gasteiger partial charge in [-0.15, -0.1) is 0 Å². The van der Waals surface area contributed by atoms with E-state index in [0.29, 0.717) is 0 Å². The molecule has 5 heterocycles. The SMILES string of the molecule is Cc1cc(N2CCc3c(c(C)nn3CCCCCN3CC(O)C3)C2)c2cnn(C)c2n1. The molecule has 0 atom stereocenters. The molecule has 0 saturated carbocycles. The number of unbranched alkanes of at least 4 members (excludes halogenated alkanes) is 2. The lowest BCUT2D eigenvalue weighted by Crippen LogP contribution is -2.50. The predicted molar refractivity (Wildman–Crippen MR) is 121 cm³/mol. The van der Waals surface area contributed by atoms with Gasteiger partial charge in [0.15, 0.2) is 5.65 Å². The van der Waals surface area contributed by atoms with Gasteiger partial charge in [-0.3, -0.25) is 14.3 Å². The lowest BCUT2D eigenvalue weighted by Gasteiger charge is -2.35. The first-order valence-electron chi connectivity index (χ1n) is 11.5. The van der Waals surface area contributed by atoms with Crippen LogP contribution < -0.4 is 4.90 Å². The molecule has 0 bridgehead atoms. The Morgan fingerprint density at radius 3 is 2.74 bits per heavy atom. The van der Waals surface area contributed by atoms with Crippen LogP contribution in [-0.4, -0.2) is 66.8 Å². The van der Waals surface area contributed by atoms with Crippen LogP contribution in [0, 0.1) is 13.8 Å². The minimum atomic E-state index is -0.0940. The van der Waals surface area contributed by atoms with E-state index in [9.17, 15) is 5.11 Å². The molecular weight excluding hydrogens is 390 g/mol. The summed E-state index contributed by atoms with van der Waals surface area (Å²) in [5.41, 5.74) is 7.14. The highest BCUT2D eigenvalue weighted by molar-refractivity contribution is 5.89. The second-order valence-electron chi connectivity index (χ2n) is 9.17. The van der Waals surface area contributed by atoms with Crippen LogP contribution in [0.5, 0.6) is 0 Å². The number of β-amino-alcohol motifs (C(OH)–C–C–N with tert-alkyl or cyclic N) is 1. The molecule has 1 saturated heterocycles. The number of aryl methyl sites for hydroxylation is 4. The van der Waals surface area contributed by atoms with Crippen LogP contribution in [-0.2, 0) is 26.6 Å². The number of nitrogens with zero attached hydrogens (tertiary/aromatic N) is 7. The fourth-order valence-corrected chi connectivity index (χ4v) is 5.03. The summed E-state index contributed by atoms with van der Waals surface area (Å²) in [5, 5.41) is 19.8. The number of likely N-dealkylation sites (tertiary alicyclic amines) is 1. The highest BCUT2D eigenvalue weighted by atomic mass is 16.3. The monoisotopic (exact) mass is 423 g/mol. The number of rotatable bonds is 7. The van der Waals surface area contributed by atoms with Gasteiger partial charge in [0.05, 0.1) is 29.1 Å². The molecule has 0 amide bonds. The maximum Gasteiger partial charge on any atom is 0.159 e. The van der Waals surface area contributed by atoms with Gasteiger partial charge in [-0.05, 0) is 39.3 Å². The van der Waals surface area contributed by atoms with Crippen molar-refractivity contribution in [3.8, 4) is 0 Å². The lowest BCUT2D eigenvalue weighted by molar-refractivity contribution is 0.00144. The number of fused-ring (bicyclic) bond motifs is 2. The van der Waals surface area contributed by atoms with Gasteiger partial charge in [0.2, 0.25) is 0 Å². The van der Waals surface area contributed by atoms with Gasteiger partial charge in [-0.2, -0.15) is 10.2 Å². The zero-order valence-corrected chi connectivity index (χ0v) is 18.9. The van der Waals surface area contributed by atoms with Gasteiger partial charge >= 0.3 is 0 Å². The quantitative estimate of drug-likeness (QED) is 0.587. The molecule has 0 unspecified atom stereocenters. The summed E-state index contributed by atoms with van der Waals surface area (Å²) in [6.45, 7) is 9.89. The largest absolute Gasteiger partial charge is 0.390 e. The highest BCUT2D eigenvalue weighted by Crippen LogP contribution is 2.32. The van der Waals surface area contributed by atoms with E-state index in [4.69, 9.17) is 5.10 Å². The minimum Gasteiger partial charge on any atom is -0.390 e. The third-order valence-electron chi connectivity index (χ3n) is 6.77. The van der Waals surface area contributed by atoms with Crippen molar-refractivity contribution in [2.24, 2.45) is 7.05 Å². The van der Waals surface area contributed by atoms with Crippen molar-refractivity contribution in [3.63, 3.8) is 0 Å². The van der Waals surface area contributed by atoms with Gasteiger partial charge in [0, 0.05) is 63.1 Å². The first-order chi connectivity index (χ1) is 15.0. The predicted octanol–water partition coefficient (Wildman–Crippen LogP) is 2.19. The molecule has 2 aliphatic rings. The van der Waals surface area contributed by atoms with Gasteiger partial charge in [-0.1, -0.05) is 6.42 Å². The van der Waals surface area contributed by atoms with Crippen molar-refractivity contribution in [1.82, 2.24) is 29.4 Å². The van der Waals surface area contributed by atoms with Crippen molar-refractivity contribution >= 4 is 16.7 Å². The van der Waals surface area contributed by atoms with Crippen LogP contribution >= 0.6 is 0 Å². The zero-order valence-electron chi connectivity index (χ0n) is 18.9. The highest BCUT2D eigenvalue weighted by Gasteiger charge is 2.26. The smallest absolute Gasteiger partial charge is 0.159 e. The van der Waals surface area contributed by atoms with E-state index in [1.54, 1.807) is 0 Å². The van der Waals surface area contributed by atoms with E-state index >= 15 is 0 Å². The Bertz CT molecular complexity index is 1080. The van der Waals surface area contributed by atoms with Gasteiger partial charge in [0.1, 0.15) is 0 Å². The molecule has 166 valence electrons. The molecule has 0 radical (unpaired) electrons. The topological polar surface area (TPSA) is 75.2 Å².